The van der Waals surface area contributed by atoms with E-state index in [0.717, 1.165) is 10.0 Å². The fourth-order valence-electron chi connectivity index (χ4n) is 1.30. The first-order valence-electron chi connectivity index (χ1n) is 4.18. The largest absolute Gasteiger partial charge is 0.488 e. The number of hydrogen-bond acceptors (Lipinski definition) is 2. The molecule has 13 heavy (non-hydrogen) atoms. The third-order valence-electron chi connectivity index (χ3n) is 1.95. The van der Waals surface area contributed by atoms with Gasteiger partial charge in [0.15, 0.2) is 0 Å². The molecule has 0 saturated carbocycles. The van der Waals surface area contributed by atoms with Gasteiger partial charge in [0.2, 0.25) is 0 Å². The highest BCUT2D eigenvalue weighted by Gasteiger charge is 2.17. The molecule has 0 unspecified atom stereocenters. The molecule has 0 spiro atoms. The Balaban J connectivity index is 3.19. The van der Waals surface area contributed by atoms with E-state index in [1.807, 2.05) is 26.0 Å². The lowest BCUT2D eigenvalue weighted by Crippen LogP contribution is -2.33. The maximum atomic E-state index is 9.11. The van der Waals surface area contributed by atoms with Crippen LogP contribution >= 0.6 is 15.9 Å². The van der Waals surface area contributed by atoms with Crippen LogP contribution in [0.15, 0.2) is 22.7 Å². The van der Waals surface area contributed by atoms with Crippen LogP contribution in [0.2, 0.25) is 0 Å². The second kappa shape index (κ2) is 4.27. The number of rotatable bonds is 2. The van der Waals surface area contributed by atoms with Gasteiger partial charge in [-0.3, -0.25) is 0 Å². The molecule has 2 nitrogen and oxygen atoms in total. The van der Waals surface area contributed by atoms with E-state index >= 15 is 0 Å². The fourth-order valence-corrected chi connectivity index (χ4v) is 1.67. The summed E-state index contributed by atoms with van der Waals surface area (Å²) in [5.74, 6) is 0.296. The lowest BCUT2D eigenvalue weighted by Gasteiger charge is -2.12. The van der Waals surface area contributed by atoms with Crippen molar-refractivity contribution >= 4 is 28.5 Å². The summed E-state index contributed by atoms with van der Waals surface area (Å²) in [6.45, 7) is 4.05. The molecule has 1 rings (SSSR count). The zero-order valence-electron chi connectivity index (χ0n) is 7.66. The minimum absolute atomic E-state index is 0.296. The first kappa shape index (κ1) is 10.8. The molecule has 0 bridgehead atoms. The van der Waals surface area contributed by atoms with Crippen LogP contribution in [-0.2, 0) is 0 Å². The van der Waals surface area contributed by atoms with Crippen molar-refractivity contribution in [3.8, 4) is 0 Å². The van der Waals surface area contributed by atoms with Crippen LogP contribution in [0.1, 0.15) is 25.3 Å². The van der Waals surface area contributed by atoms with Crippen molar-refractivity contribution in [1.29, 1.82) is 0 Å². The van der Waals surface area contributed by atoms with Gasteiger partial charge in [0.1, 0.15) is 0 Å². The van der Waals surface area contributed by atoms with Gasteiger partial charge in [0.25, 0.3) is 0 Å². The predicted octanol–water partition coefficient (Wildman–Crippen LogP) is 1.25. The van der Waals surface area contributed by atoms with E-state index in [1.54, 1.807) is 6.07 Å². The molecule has 2 N–H and O–H groups in total. The molecule has 0 aromatic heterocycles. The molecular weight excluding hydrogens is 231 g/mol. The summed E-state index contributed by atoms with van der Waals surface area (Å²) in [5.41, 5.74) is 1.54. The van der Waals surface area contributed by atoms with E-state index in [4.69, 9.17) is 10.0 Å². The van der Waals surface area contributed by atoms with Crippen LogP contribution in [0.3, 0.4) is 0 Å². The van der Waals surface area contributed by atoms with Crippen molar-refractivity contribution in [1.82, 2.24) is 0 Å². The first-order valence-corrected chi connectivity index (χ1v) is 4.97. The van der Waals surface area contributed by atoms with Crippen LogP contribution in [0.4, 0.5) is 0 Å². The van der Waals surface area contributed by atoms with Gasteiger partial charge in [-0.25, -0.2) is 0 Å². The molecule has 1 aromatic carbocycles. The van der Waals surface area contributed by atoms with E-state index < -0.39 is 7.12 Å². The SMILES string of the molecule is CC(C)c1ccc(Br)cc1B(O)O. The molecule has 0 aliphatic carbocycles. The zero-order chi connectivity index (χ0) is 10.0. The van der Waals surface area contributed by atoms with Gasteiger partial charge in [-0.15, -0.1) is 0 Å². The number of benzene rings is 1. The molecule has 0 fully saturated rings. The van der Waals surface area contributed by atoms with Crippen molar-refractivity contribution in [2.45, 2.75) is 19.8 Å². The van der Waals surface area contributed by atoms with Gasteiger partial charge in [0.05, 0.1) is 0 Å². The monoisotopic (exact) mass is 242 g/mol. The van der Waals surface area contributed by atoms with Crippen molar-refractivity contribution in [3.05, 3.63) is 28.2 Å². The normalized spacial score (nSPS) is 10.6. The Morgan fingerprint density at radius 1 is 1.31 bits per heavy atom. The van der Waals surface area contributed by atoms with E-state index in [1.165, 1.54) is 0 Å². The molecule has 0 aliphatic rings. The van der Waals surface area contributed by atoms with Crippen molar-refractivity contribution in [2.24, 2.45) is 0 Å². The average Bonchev–Trinajstić information content (AvgIpc) is 2.03. The summed E-state index contributed by atoms with van der Waals surface area (Å²) in [4.78, 5) is 0. The minimum Gasteiger partial charge on any atom is -0.423 e. The minimum atomic E-state index is -1.39. The van der Waals surface area contributed by atoms with E-state index in [2.05, 4.69) is 15.9 Å². The second-order valence-corrected chi connectivity index (χ2v) is 4.22. The quantitative estimate of drug-likeness (QED) is 0.767. The lowest BCUT2D eigenvalue weighted by atomic mass is 9.74. The Bertz CT molecular complexity index is 300. The topological polar surface area (TPSA) is 40.5 Å². The highest BCUT2D eigenvalue weighted by atomic mass is 79.9. The van der Waals surface area contributed by atoms with Gasteiger partial charge in [-0.2, -0.15) is 0 Å². The highest BCUT2D eigenvalue weighted by molar-refractivity contribution is 9.10. The van der Waals surface area contributed by atoms with Gasteiger partial charge < -0.3 is 10.0 Å². The molecule has 4 heteroatoms. The number of hydrogen-bond donors (Lipinski definition) is 2. The van der Waals surface area contributed by atoms with Crippen LogP contribution < -0.4 is 5.46 Å². The molecule has 1 aromatic rings. The van der Waals surface area contributed by atoms with Gasteiger partial charge >= 0.3 is 7.12 Å². The van der Waals surface area contributed by atoms with Crippen LogP contribution in [-0.4, -0.2) is 17.2 Å². The summed E-state index contributed by atoms with van der Waals surface area (Å²) in [7, 11) is -1.39. The zero-order valence-corrected chi connectivity index (χ0v) is 9.25. The summed E-state index contributed by atoms with van der Waals surface area (Å²) < 4.78 is 0.861. The molecule has 0 radical (unpaired) electrons. The van der Waals surface area contributed by atoms with Crippen molar-refractivity contribution in [3.63, 3.8) is 0 Å². The Labute approximate surface area is 86.9 Å². The molecule has 0 heterocycles. The summed E-state index contributed by atoms with van der Waals surface area (Å²) in [5, 5.41) is 18.2. The Kier molecular flexibility index (Phi) is 3.53. The third kappa shape index (κ3) is 2.56. The van der Waals surface area contributed by atoms with Crippen LogP contribution in [0.25, 0.3) is 0 Å². The van der Waals surface area contributed by atoms with Crippen molar-refractivity contribution < 1.29 is 10.0 Å². The van der Waals surface area contributed by atoms with E-state index in [0.29, 0.717) is 11.4 Å². The standard InChI is InChI=1S/C9H12BBrO2/c1-6(2)8-4-3-7(11)5-9(8)10(12)13/h3-6,12-13H,1-2H3. The van der Waals surface area contributed by atoms with Crippen molar-refractivity contribution in [2.75, 3.05) is 0 Å². The van der Waals surface area contributed by atoms with Gasteiger partial charge in [0, 0.05) is 4.47 Å². The Hall–Kier alpha value is -0.315. The maximum Gasteiger partial charge on any atom is 0.488 e. The molecular formula is C9H12BBrO2. The van der Waals surface area contributed by atoms with Crippen LogP contribution in [0.5, 0.6) is 0 Å². The van der Waals surface area contributed by atoms with Gasteiger partial charge in [-0.05, 0) is 29.1 Å². The Morgan fingerprint density at radius 3 is 2.38 bits per heavy atom. The van der Waals surface area contributed by atoms with E-state index in [9.17, 15) is 0 Å². The highest BCUT2D eigenvalue weighted by Crippen LogP contribution is 2.16. The smallest absolute Gasteiger partial charge is 0.423 e. The van der Waals surface area contributed by atoms with E-state index in [-0.39, 0.29) is 0 Å². The molecule has 0 saturated heterocycles. The second-order valence-electron chi connectivity index (χ2n) is 3.30. The summed E-state index contributed by atoms with van der Waals surface area (Å²) >= 11 is 3.29. The maximum absolute atomic E-state index is 9.11. The molecule has 0 aliphatic heterocycles. The molecule has 70 valence electrons. The fraction of sp³-hybridized carbons (Fsp3) is 0.333. The number of halogens is 1. The third-order valence-corrected chi connectivity index (χ3v) is 2.44. The first-order chi connectivity index (χ1) is 6.02. The average molecular weight is 243 g/mol. The lowest BCUT2D eigenvalue weighted by molar-refractivity contribution is 0.425. The summed E-state index contributed by atoms with van der Waals surface area (Å²) in [6, 6.07) is 5.55. The van der Waals surface area contributed by atoms with Crippen LogP contribution in [0, 0.1) is 0 Å². The van der Waals surface area contributed by atoms with Gasteiger partial charge in [-0.1, -0.05) is 35.8 Å². The predicted molar refractivity (Wildman–Crippen MR) is 58.1 cm³/mol. The molecule has 0 atom stereocenters. The molecule has 0 amide bonds. The Morgan fingerprint density at radius 2 is 1.92 bits per heavy atom. The summed E-state index contributed by atoms with van der Waals surface area (Å²) in [6.07, 6.45) is 0.